The van der Waals surface area contributed by atoms with Crippen molar-refractivity contribution in [2.45, 2.75) is 12.5 Å². The third-order valence-corrected chi connectivity index (χ3v) is 5.63. The molecule has 1 aliphatic heterocycles. The number of hydrogen-bond donors (Lipinski definition) is 1. The highest BCUT2D eigenvalue weighted by molar-refractivity contribution is 6.30. The fraction of sp³-hybridized carbons (Fsp3) is 0.160. The average Bonchev–Trinajstić information content (AvgIpc) is 3.04. The summed E-state index contributed by atoms with van der Waals surface area (Å²) in [4.78, 5) is 14.8. The number of rotatable bonds is 6. The van der Waals surface area contributed by atoms with Crippen LogP contribution in [0.2, 0.25) is 5.02 Å². The minimum atomic E-state index is -0.396. The van der Waals surface area contributed by atoms with Gasteiger partial charge in [0.25, 0.3) is 5.91 Å². The second-order valence-electron chi connectivity index (χ2n) is 7.18. The molecule has 5 heteroatoms. The highest BCUT2D eigenvalue weighted by Crippen LogP contribution is 2.43. The minimum Gasteiger partial charge on any atom is -0.503 e. The Morgan fingerprint density at radius 3 is 2.27 bits per heavy atom. The second kappa shape index (κ2) is 8.64. The normalized spacial score (nSPS) is 16.3. The second-order valence-corrected chi connectivity index (χ2v) is 7.62. The molecule has 0 saturated carbocycles. The quantitative estimate of drug-likeness (QED) is 0.578. The van der Waals surface area contributed by atoms with Crippen LogP contribution in [-0.2, 0) is 11.2 Å². The Kier molecular flexibility index (Phi) is 5.77. The zero-order valence-corrected chi connectivity index (χ0v) is 17.3. The SMILES string of the molecule is COc1ccc(C2=C(O)C(=O)N(CCc3ccccc3)C2c2ccc(Cl)cc2)cc1. The van der Waals surface area contributed by atoms with Gasteiger partial charge in [-0.2, -0.15) is 0 Å². The van der Waals surface area contributed by atoms with E-state index in [1.807, 2.05) is 66.7 Å². The van der Waals surface area contributed by atoms with Gasteiger partial charge in [0.1, 0.15) is 5.75 Å². The maximum Gasteiger partial charge on any atom is 0.289 e. The van der Waals surface area contributed by atoms with E-state index in [0.29, 0.717) is 29.3 Å². The Morgan fingerprint density at radius 1 is 0.967 bits per heavy atom. The van der Waals surface area contributed by atoms with Gasteiger partial charge in [-0.15, -0.1) is 0 Å². The lowest BCUT2D eigenvalue weighted by molar-refractivity contribution is -0.129. The molecule has 0 spiro atoms. The highest BCUT2D eigenvalue weighted by atomic mass is 35.5. The fourth-order valence-corrected chi connectivity index (χ4v) is 3.96. The fourth-order valence-electron chi connectivity index (χ4n) is 3.84. The summed E-state index contributed by atoms with van der Waals surface area (Å²) < 4.78 is 5.24. The maximum absolute atomic E-state index is 13.1. The van der Waals surface area contributed by atoms with Crippen LogP contribution in [0.5, 0.6) is 5.75 Å². The van der Waals surface area contributed by atoms with E-state index in [1.54, 1.807) is 24.1 Å². The van der Waals surface area contributed by atoms with Crippen molar-refractivity contribution in [3.05, 3.63) is 106 Å². The van der Waals surface area contributed by atoms with E-state index in [2.05, 4.69) is 0 Å². The first-order valence-corrected chi connectivity index (χ1v) is 10.1. The predicted octanol–water partition coefficient (Wildman–Crippen LogP) is 5.44. The molecule has 1 atom stereocenters. The van der Waals surface area contributed by atoms with Crippen LogP contribution >= 0.6 is 11.6 Å². The van der Waals surface area contributed by atoms with Gasteiger partial charge in [-0.1, -0.05) is 66.2 Å². The van der Waals surface area contributed by atoms with Gasteiger partial charge in [0.15, 0.2) is 5.76 Å². The molecule has 4 nitrogen and oxygen atoms in total. The zero-order valence-electron chi connectivity index (χ0n) is 16.6. The molecular weight excluding hydrogens is 398 g/mol. The average molecular weight is 420 g/mol. The van der Waals surface area contributed by atoms with Crippen molar-refractivity contribution in [1.82, 2.24) is 4.90 Å². The first-order chi connectivity index (χ1) is 14.6. The van der Waals surface area contributed by atoms with Crippen LogP contribution < -0.4 is 4.74 Å². The van der Waals surface area contributed by atoms with Gasteiger partial charge >= 0.3 is 0 Å². The number of amides is 1. The number of ether oxygens (including phenoxy) is 1. The third kappa shape index (κ3) is 3.91. The summed E-state index contributed by atoms with van der Waals surface area (Å²) in [5, 5.41) is 11.4. The summed E-state index contributed by atoms with van der Waals surface area (Å²) >= 11 is 6.08. The van der Waals surface area contributed by atoms with E-state index < -0.39 is 6.04 Å². The first kappa shape index (κ1) is 20.0. The minimum absolute atomic E-state index is 0.215. The molecule has 1 amide bonds. The van der Waals surface area contributed by atoms with E-state index >= 15 is 0 Å². The van der Waals surface area contributed by atoms with Crippen molar-refractivity contribution in [2.24, 2.45) is 0 Å². The molecule has 3 aromatic rings. The Morgan fingerprint density at radius 2 is 1.63 bits per heavy atom. The standard InChI is InChI=1S/C25H22ClNO3/c1-30-21-13-9-18(10-14-21)22-23(19-7-11-20(26)12-8-19)27(25(29)24(22)28)16-15-17-5-3-2-4-6-17/h2-14,23,28H,15-16H2,1H3. The van der Waals surface area contributed by atoms with Crippen LogP contribution in [0, 0.1) is 0 Å². The van der Waals surface area contributed by atoms with Crippen LogP contribution in [0.1, 0.15) is 22.7 Å². The van der Waals surface area contributed by atoms with Gasteiger partial charge in [0.05, 0.1) is 13.2 Å². The molecular formula is C25H22ClNO3. The number of aliphatic hydroxyl groups excluding tert-OH is 1. The van der Waals surface area contributed by atoms with Gasteiger partial charge in [-0.25, -0.2) is 0 Å². The van der Waals surface area contributed by atoms with Crippen LogP contribution in [0.3, 0.4) is 0 Å². The number of nitrogens with zero attached hydrogens (tertiary/aromatic N) is 1. The summed E-state index contributed by atoms with van der Waals surface area (Å²) in [6.07, 6.45) is 0.694. The Bertz CT molecular complexity index is 1060. The van der Waals surface area contributed by atoms with E-state index in [0.717, 1.165) is 16.7 Å². The Balaban J connectivity index is 1.72. The summed E-state index contributed by atoms with van der Waals surface area (Å²) in [7, 11) is 1.60. The molecule has 1 aliphatic rings. The summed E-state index contributed by atoms with van der Waals surface area (Å²) in [6, 6.07) is 24.4. The lowest BCUT2D eigenvalue weighted by Crippen LogP contribution is -2.32. The number of benzene rings is 3. The van der Waals surface area contributed by atoms with Crippen molar-refractivity contribution in [3.8, 4) is 5.75 Å². The van der Waals surface area contributed by atoms with Gasteiger partial charge in [-0.05, 0) is 47.4 Å². The van der Waals surface area contributed by atoms with Gasteiger partial charge < -0.3 is 14.7 Å². The number of carbonyl (C=O) groups is 1. The Hall–Kier alpha value is -3.24. The number of aliphatic hydroxyl groups is 1. The molecule has 0 aromatic heterocycles. The molecule has 1 unspecified atom stereocenters. The molecule has 0 aliphatic carbocycles. The van der Waals surface area contributed by atoms with E-state index in [1.165, 1.54) is 0 Å². The van der Waals surface area contributed by atoms with E-state index in [9.17, 15) is 9.90 Å². The van der Waals surface area contributed by atoms with Crippen molar-refractivity contribution >= 4 is 23.1 Å². The van der Waals surface area contributed by atoms with E-state index in [-0.39, 0.29) is 11.7 Å². The summed E-state index contributed by atoms with van der Waals surface area (Å²) in [6.45, 7) is 0.486. The number of halogens is 1. The molecule has 1 heterocycles. The highest BCUT2D eigenvalue weighted by Gasteiger charge is 2.40. The monoisotopic (exact) mass is 419 g/mol. The maximum atomic E-state index is 13.1. The predicted molar refractivity (Wildman–Crippen MR) is 119 cm³/mol. The van der Waals surface area contributed by atoms with Gasteiger partial charge in [-0.3, -0.25) is 4.79 Å². The number of methoxy groups -OCH3 is 1. The lowest BCUT2D eigenvalue weighted by Gasteiger charge is -2.27. The van der Waals surface area contributed by atoms with Crippen LogP contribution in [-0.4, -0.2) is 29.6 Å². The molecule has 1 N–H and O–H groups in total. The van der Waals surface area contributed by atoms with Crippen LogP contribution in [0.15, 0.2) is 84.6 Å². The largest absolute Gasteiger partial charge is 0.503 e. The van der Waals surface area contributed by atoms with Gasteiger partial charge in [0.2, 0.25) is 0 Å². The molecule has 0 radical (unpaired) electrons. The number of hydrogen-bond acceptors (Lipinski definition) is 3. The zero-order chi connectivity index (χ0) is 21.1. The topological polar surface area (TPSA) is 49.8 Å². The van der Waals surface area contributed by atoms with E-state index in [4.69, 9.17) is 16.3 Å². The molecule has 4 rings (SSSR count). The molecule has 30 heavy (non-hydrogen) atoms. The Labute approximate surface area is 181 Å². The summed E-state index contributed by atoms with van der Waals surface area (Å²) in [5.74, 6) is 0.136. The van der Waals surface area contributed by atoms with Gasteiger partial charge in [0, 0.05) is 17.1 Å². The summed E-state index contributed by atoms with van der Waals surface area (Å²) in [5.41, 5.74) is 3.41. The van der Waals surface area contributed by atoms with Crippen LogP contribution in [0.4, 0.5) is 0 Å². The number of carbonyl (C=O) groups excluding carboxylic acids is 1. The van der Waals surface area contributed by atoms with Crippen molar-refractivity contribution < 1.29 is 14.6 Å². The molecule has 0 fully saturated rings. The molecule has 152 valence electrons. The molecule has 0 bridgehead atoms. The smallest absolute Gasteiger partial charge is 0.289 e. The molecule has 0 saturated heterocycles. The lowest BCUT2D eigenvalue weighted by atomic mass is 9.93. The van der Waals surface area contributed by atoms with Crippen molar-refractivity contribution in [2.75, 3.05) is 13.7 Å². The van der Waals surface area contributed by atoms with Crippen molar-refractivity contribution in [1.29, 1.82) is 0 Å². The third-order valence-electron chi connectivity index (χ3n) is 5.37. The van der Waals surface area contributed by atoms with Crippen molar-refractivity contribution in [3.63, 3.8) is 0 Å². The van der Waals surface area contributed by atoms with Crippen LogP contribution in [0.25, 0.3) is 5.57 Å². The first-order valence-electron chi connectivity index (χ1n) is 9.76. The molecule has 3 aromatic carbocycles.